The van der Waals surface area contributed by atoms with Crippen LogP contribution in [0.1, 0.15) is 26.3 Å². The van der Waals surface area contributed by atoms with Crippen LogP contribution in [0.15, 0.2) is 61.2 Å². The smallest absolute Gasteiger partial charge is 0.319 e. The summed E-state index contributed by atoms with van der Waals surface area (Å²) < 4.78 is 18.5. The zero-order chi connectivity index (χ0) is 22.6. The molecule has 0 radical (unpaired) electrons. The standard InChI is InChI=1S/C24H28N4O4/c1-24(2,3)22(13-28-10-9-25-15-28)27-23(29)26-18-6-4-5-17(11-18)14-30-19-7-8-20-21(12-19)32-16-31-20/h4-12,15,22H,13-14,16H2,1-3H3,(H2,26,27,29). The Kier molecular flexibility index (Phi) is 6.20. The largest absolute Gasteiger partial charge is 0.489 e. The van der Waals surface area contributed by atoms with Crippen LogP contribution in [0.2, 0.25) is 0 Å². The third-order valence-electron chi connectivity index (χ3n) is 5.24. The molecular formula is C24H28N4O4. The molecular weight excluding hydrogens is 408 g/mol. The Morgan fingerprint density at radius 3 is 2.81 bits per heavy atom. The number of hydrogen-bond donors (Lipinski definition) is 2. The Balaban J connectivity index is 1.34. The number of fused-ring (bicyclic) bond motifs is 1. The fourth-order valence-corrected chi connectivity index (χ4v) is 3.34. The van der Waals surface area contributed by atoms with Crippen LogP contribution in [-0.2, 0) is 13.2 Å². The van der Waals surface area contributed by atoms with Crippen molar-refractivity contribution >= 4 is 11.7 Å². The lowest BCUT2D eigenvalue weighted by molar-refractivity contribution is 0.173. The van der Waals surface area contributed by atoms with Gasteiger partial charge in [0, 0.05) is 30.7 Å². The van der Waals surface area contributed by atoms with Gasteiger partial charge >= 0.3 is 6.03 Å². The number of amides is 2. The van der Waals surface area contributed by atoms with Crippen molar-refractivity contribution in [3.05, 3.63) is 66.7 Å². The van der Waals surface area contributed by atoms with E-state index in [1.54, 1.807) is 12.5 Å². The quantitative estimate of drug-likeness (QED) is 0.572. The second-order valence-electron chi connectivity index (χ2n) is 8.78. The fraction of sp³-hybridized carbons (Fsp3) is 0.333. The maximum absolute atomic E-state index is 12.7. The minimum absolute atomic E-state index is 0.0748. The van der Waals surface area contributed by atoms with Crippen LogP contribution in [-0.4, -0.2) is 28.4 Å². The van der Waals surface area contributed by atoms with Gasteiger partial charge in [-0.15, -0.1) is 0 Å². The molecule has 0 fully saturated rings. The van der Waals surface area contributed by atoms with Gasteiger partial charge in [-0.3, -0.25) is 0 Å². The van der Waals surface area contributed by atoms with E-state index in [0.29, 0.717) is 30.3 Å². The van der Waals surface area contributed by atoms with Crippen LogP contribution < -0.4 is 24.8 Å². The Labute approximate surface area is 187 Å². The van der Waals surface area contributed by atoms with Crippen molar-refractivity contribution in [2.75, 3.05) is 12.1 Å². The molecule has 0 saturated carbocycles. The lowest BCUT2D eigenvalue weighted by Crippen LogP contribution is -2.47. The molecule has 0 spiro atoms. The molecule has 8 nitrogen and oxygen atoms in total. The Morgan fingerprint density at radius 2 is 2.03 bits per heavy atom. The normalized spacial score (nSPS) is 13.5. The van der Waals surface area contributed by atoms with Crippen LogP contribution in [0.3, 0.4) is 0 Å². The van der Waals surface area contributed by atoms with Gasteiger partial charge in [0.25, 0.3) is 0 Å². The minimum Gasteiger partial charge on any atom is -0.489 e. The molecule has 2 aromatic carbocycles. The van der Waals surface area contributed by atoms with Gasteiger partial charge in [-0.25, -0.2) is 9.78 Å². The summed E-state index contributed by atoms with van der Waals surface area (Å²) in [5, 5.41) is 6.02. The van der Waals surface area contributed by atoms with E-state index in [1.807, 2.05) is 53.2 Å². The van der Waals surface area contributed by atoms with Crippen LogP contribution in [0.25, 0.3) is 0 Å². The molecule has 1 atom stereocenters. The summed E-state index contributed by atoms with van der Waals surface area (Å²) in [4.78, 5) is 16.8. The first-order chi connectivity index (χ1) is 15.4. The van der Waals surface area contributed by atoms with Crippen molar-refractivity contribution in [1.29, 1.82) is 0 Å². The number of nitrogens with zero attached hydrogens (tertiary/aromatic N) is 2. The van der Waals surface area contributed by atoms with E-state index >= 15 is 0 Å². The predicted octanol–water partition coefficient (Wildman–Crippen LogP) is 4.43. The number of ether oxygens (including phenoxy) is 3. The van der Waals surface area contributed by atoms with Crippen LogP contribution in [0.4, 0.5) is 10.5 Å². The summed E-state index contributed by atoms with van der Waals surface area (Å²) in [6.07, 6.45) is 5.38. The molecule has 0 saturated heterocycles. The highest BCUT2D eigenvalue weighted by Gasteiger charge is 2.26. The van der Waals surface area contributed by atoms with Gasteiger partial charge in [-0.2, -0.15) is 0 Å². The summed E-state index contributed by atoms with van der Waals surface area (Å²) >= 11 is 0. The van der Waals surface area contributed by atoms with E-state index in [4.69, 9.17) is 14.2 Å². The summed E-state index contributed by atoms with van der Waals surface area (Å²) in [7, 11) is 0. The van der Waals surface area contributed by atoms with E-state index in [9.17, 15) is 4.79 Å². The third-order valence-corrected chi connectivity index (χ3v) is 5.24. The highest BCUT2D eigenvalue weighted by atomic mass is 16.7. The molecule has 1 aliphatic rings. The number of imidazole rings is 1. The monoisotopic (exact) mass is 436 g/mol. The number of hydrogen-bond acceptors (Lipinski definition) is 5. The zero-order valence-corrected chi connectivity index (χ0v) is 18.5. The average Bonchev–Trinajstić information content (AvgIpc) is 3.43. The topological polar surface area (TPSA) is 86.6 Å². The summed E-state index contributed by atoms with van der Waals surface area (Å²) in [5.41, 5.74) is 1.51. The first-order valence-corrected chi connectivity index (χ1v) is 10.5. The van der Waals surface area contributed by atoms with E-state index < -0.39 is 0 Å². The Morgan fingerprint density at radius 1 is 1.19 bits per heavy atom. The second kappa shape index (κ2) is 9.21. The number of nitrogens with one attached hydrogen (secondary N) is 2. The molecule has 4 rings (SSSR count). The maximum atomic E-state index is 12.7. The van der Waals surface area contributed by atoms with E-state index in [1.165, 1.54) is 0 Å². The molecule has 2 N–H and O–H groups in total. The van der Waals surface area contributed by atoms with Crippen molar-refractivity contribution < 1.29 is 19.0 Å². The van der Waals surface area contributed by atoms with Crippen LogP contribution in [0, 0.1) is 5.41 Å². The number of carbonyl (C=O) groups excluding carboxylic acids is 1. The number of urea groups is 1. The lowest BCUT2D eigenvalue weighted by Gasteiger charge is -2.31. The SMILES string of the molecule is CC(C)(C)C(Cn1ccnc1)NC(=O)Nc1cccc(COc2ccc3c(c2)OCO3)c1. The van der Waals surface area contributed by atoms with Gasteiger partial charge in [0.1, 0.15) is 12.4 Å². The highest BCUT2D eigenvalue weighted by molar-refractivity contribution is 5.89. The first kappa shape index (κ1) is 21.5. The van der Waals surface area contributed by atoms with Crippen LogP contribution >= 0.6 is 0 Å². The van der Waals surface area contributed by atoms with Gasteiger partial charge in [-0.05, 0) is 35.2 Å². The first-order valence-electron chi connectivity index (χ1n) is 10.5. The predicted molar refractivity (Wildman–Crippen MR) is 121 cm³/mol. The summed E-state index contributed by atoms with van der Waals surface area (Å²) in [5.74, 6) is 2.09. The molecule has 1 aromatic heterocycles. The van der Waals surface area contributed by atoms with Crippen molar-refractivity contribution in [2.45, 2.75) is 40.0 Å². The van der Waals surface area contributed by atoms with Gasteiger partial charge < -0.3 is 29.4 Å². The number of rotatable bonds is 7. The van der Waals surface area contributed by atoms with Crippen molar-refractivity contribution in [3.63, 3.8) is 0 Å². The molecule has 8 heteroatoms. The van der Waals surface area contributed by atoms with Crippen molar-refractivity contribution in [3.8, 4) is 17.2 Å². The molecule has 1 unspecified atom stereocenters. The number of anilines is 1. The highest BCUT2D eigenvalue weighted by Crippen LogP contribution is 2.35. The number of carbonyl (C=O) groups is 1. The zero-order valence-electron chi connectivity index (χ0n) is 18.5. The second-order valence-corrected chi connectivity index (χ2v) is 8.78. The summed E-state index contributed by atoms with van der Waals surface area (Å²) in [6, 6.07) is 12.7. The molecule has 3 aromatic rings. The molecule has 2 heterocycles. The van der Waals surface area contributed by atoms with Crippen molar-refractivity contribution in [1.82, 2.24) is 14.9 Å². The van der Waals surface area contributed by atoms with E-state index in [-0.39, 0.29) is 24.3 Å². The Bertz CT molecular complexity index is 1060. The van der Waals surface area contributed by atoms with Gasteiger partial charge in [0.05, 0.1) is 12.4 Å². The molecule has 168 valence electrons. The van der Waals surface area contributed by atoms with E-state index in [0.717, 1.165) is 11.3 Å². The minimum atomic E-state index is -0.251. The fourth-order valence-electron chi connectivity index (χ4n) is 3.34. The molecule has 32 heavy (non-hydrogen) atoms. The Hall–Kier alpha value is -3.68. The van der Waals surface area contributed by atoms with E-state index in [2.05, 4.69) is 36.4 Å². The third kappa shape index (κ3) is 5.51. The number of benzene rings is 2. The molecule has 0 aliphatic carbocycles. The maximum Gasteiger partial charge on any atom is 0.319 e. The van der Waals surface area contributed by atoms with Gasteiger partial charge in [0.2, 0.25) is 6.79 Å². The van der Waals surface area contributed by atoms with Gasteiger partial charge in [0.15, 0.2) is 11.5 Å². The van der Waals surface area contributed by atoms with Gasteiger partial charge in [-0.1, -0.05) is 32.9 Å². The summed E-state index contributed by atoms with van der Waals surface area (Å²) in [6.45, 7) is 7.53. The van der Waals surface area contributed by atoms with Crippen molar-refractivity contribution in [2.24, 2.45) is 5.41 Å². The lowest BCUT2D eigenvalue weighted by atomic mass is 9.86. The molecule has 0 bridgehead atoms. The van der Waals surface area contributed by atoms with Crippen LogP contribution in [0.5, 0.6) is 17.2 Å². The average molecular weight is 437 g/mol. The molecule has 2 amide bonds. The molecule has 1 aliphatic heterocycles. The number of aromatic nitrogens is 2.